The number of hydrogen-bond acceptors (Lipinski definition) is 10. The van der Waals surface area contributed by atoms with Crippen molar-refractivity contribution in [2.75, 3.05) is 24.4 Å². The molecular weight excluding hydrogens is 390 g/mol. The molecule has 30 heavy (non-hydrogen) atoms. The lowest BCUT2D eigenvalue weighted by Crippen LogP contribution is -2.36. The molecule has 3 aromatic heterocycles. The average molecular weight is 413 g/mol. The van der Waals surface area contributed by atoms with E-state index in [2.05, 4.69) is 30.7 Å². The van der Waals surface area contributed by atoms with E-state index < -0.39 is 24.2 Å². The van der Waals surface area contributed by atoms with E-state index in [-0.39, 0.29) is 6.61 Å². The number of nitrogens with zero attached hydrogens (tertiary/aromatic N) is 5. The molecular formula is C19H23N7O4. The van der Waals surface area contributed by atoms with E-state index in [0.29, 0.717) is 35.4 Å². The van der Waals surface area contributed by atoms with Crippen molar-refractivity contribution in [2.45, 2.75) is 24.7 Å². The Labute approximate surface area is 172 Å². The first kappa shape index (κ1) is 20.0. The Bertz CT molecular complexity index is 985. The lowest BCUT2D eigenvalue weighted by atomic mass is 10.1. The number of rotatable bonds is 7. The number of aliphatic hydroxyl groups excluding tert-OH is 3. The highest BCUT2D eigenvalue weighted by molar-refractivity contribution is 5.61. The Balaban J connectivity index is 1.63. The third-order valence-electron chi connectivity index (χ3n) is 5.08. The van der Waals surface area contributed by atoms with Crippen LogP contribution in [0, 0.1) is 5.92 Å². The summed E-state index contributed by atoms with van der Waals surface area (Å²) in [5.74, 6) is 0.777. The van der Waals surface area contributed by atoms with Crippen LogP contribution in [0.3, 0.4) is 0 Å². The van der Waals surface area contributed by atoms with Gasteiger partial charge < -0.3 is 30.7 Å². The summed E-state index contributed by atoms with van der Waals surface area (Å²) in [4.78, 5) is 13.0. The van der Waals surface area contributed by atoms with Crippen LogP contribution < -0.4 is 15.4 Å². The van der Waals surface area contributed by atoms with E-state index in [4.69, 9.17) is 4.74 Å². The molecule has 4 rings (SSSR count). The van der Waals surface area contributed by atoms with E-state index in [1.807, 2.05) is 0 Å². The molecule has 1 fully saturated rings. The minimum absolute atomic E-state index is 0.205. The number of aliphatic hydroxyl groups is 3. The SMILES string of the molecule is COc1cc(Nc2ncc(-n3cccn3)c(N[C@@H]3C[C@H](CO)[C@@H](O)[C@H]3O)n2)ccn1. The molecule has 1 saturated carbocycles. The molecule has 4 atom stereocenters. The first-order chi connectivity index (χ1) is 14.6. The molecule has 158 valence electrons. The molecule has 11 heteroatoms. The van der Waals surface area contributed by atoms with Gasteiger partial charge in [-0.05, 0) is 18.6 Å². The fourth-order valence-corrected chi connectivity index (χ4v) is 3.47. The van der Waals surface area contributed by atoms with E-state index in [0.717, 1.165) is 0 Å². The molecule has 3 aromatic rings. The summed E-state index contributed by atoms with van der Waals surface area (Å²) >= 11 is 0. The van der Waals surface area contributed by atoms with E-state index in [1.165, 1.54) is 7.11 Å². The van der Waals surface area contributed by atoms with Crippen LogP contribution in [0.5, 0.6) is 5.88 Å². The first-order valence-corrected chi connectivity index (χ1v) is 9.46. The van der Waals surface area contributed by atoms with Crippen LogP contribution in [0.25, 0.3) is 5.69 Å². The molecule has 0 spiro atoms. The van der Waals surface area contributed by atoms with Gasteiger partial charge >= 0.3 is 0 Å². The summed E-state index contributed by atoms with van der Waals surface area (Å²) in [6, 6.07) is 4.74. The highest BCUT2D eigenvalue weighted by Gasteiger charge is 2.41. The average Bonchev–Trinajstić information content (AvgIpc) is 3.38. The highest BCUT2D eigenvalue weighted by atomic mass is 16.5. The minimum Gasteiger partial charge on any atom is -0.481 e. The van der Waals surface area contributed by atoms with Crippen LogP contribution in [0.15, 0.2) is 43.0 Å². The third-order valence-corrected chi connectivity index (χ3v) is 5.08. The van der Waals surface area contributed by atoms with Gasteiger partial charge in [-0.2, -0.15) is 10.1 Å². The van der Waals surface area contributed by atoms with Gasteiger partial charge in [0.15, 0.2) is 5.82 Å². The monoisotopic (exact) mass is 413 g/mol. The fourth-order valence-electron chi connectivity index (χ4n) is 3.47. The molecule has 0 unspecified atom stereocenters. The Morgan fingerprint density at radius 3 is 2.80 bits per heavy atom. The molecule has 0 radical (unpaired) electrons. The van der Waals surface area contributed by atoms with Crippen LogP contribution in [-0.4, -0.2) is 72.0 Å². The number of nitrogens with one attached hydrogen (secondary N) is 2. The number of hydrogen-bond donors (Lipinski definition) is 5. The van der Waals surface area contributed by atoms with Crippen molar-refractivity contribution in [2.24, 2.45) is 5.92 Å². The largest absolute Gasteiger partial charge is 0.481 e. The van der Waals surface area contributed by atoms with Gasteiger partial charge in [0.05, 0.1) is 25.5 Å². The topological polar surface area (TPSA) is 150 Å². The van der Waals surface area contributed by atoms with E-state index in [9.17, 15) is 15.3 Å². The summed E-state index contributed by atoms with van der Waals surface area (Å²) in [5, 5.41) is 40.4. The van der Waals surface area contributed by atoms with Crippen LogP contribution in [0.4, 0.5) is 17.5 Å². The van der Waals surface area contributed by atoms with Crippen LogP contribution in [0.2, 0.25) is 0 Å². The molecule has 0 saturated heterocycles. The van der Waals surface area contributed by atoms with Gasteiger partial charge in [-0.15, -0.1) is 0 Å². The molecule has 0 aromatic carbocycles. The molecule has 11 nitrogen and oxygen atoms in total. The third kappa shape index (κ3) is 4.03. The van der Waals surface area contributed by atoms with Gasteiger partial charge in [-0.3, -0.25) is 0 Å². The Kier molecular flexibility index (Phi) is 5.74. The Morgan fingerprint density at radius 1 is 1.23 bits per heavy atom. The van der Waals surface area contributed by atoms with Gasteiger partial charge in [0.25, 0.3) is 0 Å². The van der Waals surface area contributed by atoms with Crippen molar-refractivity contribution >= 4 is 17.5 Å². The molecule has 3 heterocycles. The van der Waals surface area contributed by atoms with Crippen LogP contribution >= 0.6 is 0 Å². The summed E-state index contributed by atoms with van der Waals surface area (Å²) in [7, 11) is 1.53. The maximum absolute atomic E-state index is 10.4. The molecule has 1 aliphatic carbocycles. The number of ether oxygens (including phenoxy) is 1. The molecule has 0 amide bonds. The zero-order valence-electron chi connectivity index (χ0n) is 16.3. The molecule has 1 aliphatic rings. The standard InChI is InChI=1S/C19H23N7O4/c1-30-15-8-12(3-5-20-15)23-19-21-9-14(26-6-2-4-22-26)18(25-19)24-13-7-11(10-27)16(28)17(13)29/h2-6,8-9,11,13,16-17,27-29H,7,10H2,1H3,(H2,20,21,23,24,25)/t11-,13-,16-,17+/m1/s1. The lowest BCUT2D eigenvalue weighted by molar-refractivity contribution is 0.00445. The van der Waals surface area contributed by atoms with Crippen molar-refractivity contribution in [1.29, 1.82) is 0 Å². The predicted octanol–water partition coefficient (Wildman–Crippen LogP) is 0.324. The van der Waals surface area contributed by atoms with E-state index in [1.54, 1.807) is 47.7 Å². The quantitative estimate of drug-likeness (QED) is 0.366. The highest BCUT2D eigenvalue weighted by Crippen LogP contribution is 2.30. The van der Waals surface area contributed by atoms with Crippen molar-refractivity contribution in [1.82, 2.24) is 24.7 Å². The maximum Gasteiger partial charge on any atom is 0.229 e. The van der Waals surface area contributed by atoms with Crippen LogP contribution in [-0.2, 0) is 0 Å². The van der Waals surface area contributed by atoms with Crippen molar-refractivity contribution < 1.29 is 20.1 Å². The van der Waals surface area contributed by atoms with Gasteiger partial charge in [-0.1, -0.05) is 0 Å². The van der Waals surface area contributed by atoms with Gasteiger partial charge in [0.2, 0.25) is 11.8 Å². The molecule has 0 bridgehead atoms. The van der Waals surface area contributed by atoms with Gasteiger partial charge in [0, 0.05) is 42.9 Å². The Morgan fingerprint density at radius 2 is 2.10 bits per heavy atom. The number of aromatic nitrogens is 5. The zero-order chi connectivity index (χ0) is 21.1. The second kappa shape index (κ2) is 8.61. The number of anilines is 3. The Hall–Kier alpha value is -3.28. The van der Waals surface area contributed by atoms with Crippen molar-refractivity contribution in [3.63, 3.8) is 0 Å². The van der Waals surface area contributed by atoms with Crippen molar-refractivity contribution in [3.05, 3.63) is 43.0 Å². The number of methoxy groups -OCH3 is 1. The fraction of sp³-hybridized carbons (Fsp3) is 0.368. The van der Waals surface area contributed by atoms with Crippen molar-refractivity contribution in [3.8, 4) is 11.6 Å². The number of pyridine rings is 1. The summed E-state index contributed by atoms with van der Waals surface area (Å²) < 4.78 is 6.73. The summed E-state index contributed by atoms with van der Waals surface area (Å²) in [6.07, 6.45) is 4.93. The molecule has 0 aliphatic heterocycles. The van der Waals surface area contributed by atoms with Gasteiger partial charge in [0.1, 0.15) is 11.8 Å². The summed E-state index contributed by atoms with van der Waals surface area (Å²) in [6.45, 7) is -0.205. The lowest BCUT2D eigenvalue weighted by Gasteiger charge is -2.20. The van der Waals surface area contributed by atoms with Gasteiger partial charge in [-0.25, -0.2) is 14.6 Å². The van der Waals surface area contributed by atoms with E-state index >= 15 is 0 Å². The normalized spacial score (nSPS) is 23.3. The predicted molar refractivity (Wildman–Crippen MR) is 108 cm³/mol. The van der Waals surface area contributed by atoms with Crippen LogP contribution in [0.1, 0.15) is 6.42 Å². The summed E-state index contributed by atoms with van der Waals surface area (Å²) in [5.41, 5.74) is 1.27. The smallest absolute Gasteiger partial charge is 0.229 e. The zero-order valence-corrected chi connectivity index (χ0v) is 16.3. The first-order valence-electron chi connectivity index (χ1n) is 9.46. The second-order valence-corrected chi connectivity index (χ2v) is 7.00. The minimum atomic E-state index is -1.04. The maximum atomic E-state index is 10.4. The molecule has 5 N–H and O–H groups in total. The second-order valence-electron chi connectivity index (χ2n) is 7.00.